The average Bonchev–Trinajstić information content (AvgIpc) is 3.01. The summed E-state index contributed by atoms with van der Waals surface area (Å²) in [6.45, 7) is 3.67. The van der Waals surface area contributed by atoms with Crippen molar-refractivity contribution >= 4 is 17.3 Å². The smallest absolute Gasteiger partial charge is 0.251 e. The van der Waals surface area contributed by atoms with Crippen LogP contribution in [-0.4, -0.2) is 25.0 Å². The SMILES string of the molecule is CCNC(=O)c1ccc(N2CC3CCC2C3)c(N)c1. The van der Waals surface area contributed by atoms with Crippen LogP contribution >= 0.6 is 0 Å². The summed E-state index contributed by atoms with van der Waals surface area (Å²) in [4.78, 5) is 14.2. The van der Waals surface area contributed by atoms with Gasteiger partial charge in [0.05, 0.1) is 11.4 Å². The van der Waals surface area contributed by atoms with Crippen LogP contribution in [0, 0.1) is 5.92 Å². The van der Waals surface area contributed by atoms with Gasteiger partial charge in [0.25, 0.3) is 5.91 Å². The lowest BCUT2D eigenvalue weighted by Gasteiger charge is -2.30. The molecule has 2 atom stereocenters. The molecule has 0 aromatic heterocycles. The van der Waals surface area contributed by atoms with Gasteiger partial charge in [-0.25, -0.2) is 0 Å². The summed E-state index contributed by atoms with van der Waals surface area (Å²) < 4.78 is 0. The van der Waals surface area contributed by atoms with E-state index in [-0.39, 0.29) is 5.91 Å². The number of nitrogens with two attached hydrogens (primary N) is 1. The molecule has 2 aliphatic rings. The fraction of sp³-hybridized carbons (Fsp3) is 0.533. The van der Waals surface area contributed by atoms with Crippen molar-refractivity contribution in [1.82, 2.24) is 5.32 Å². The van der Waals surface area contributed by atoms with Crippen LogP contribution in [0.4, 0.5) is 11.4 Å². The van der Waals surface area contributed by atoms with Crippen LogP contribution in [0.5, 0.6) is 0 Å². The van der Waals surface area contributed by atoms with E-state index < -0.39 is 0 Å². The Bertz CT molecular complexity index is 500. The van der Waals surface area contributed by atoms with Crippen LogP contribution in [0.3, 0.4) is 0 Å². The number of nitrogens with zero attached hydrogens (tertiary/aromatic N) is 1. The molecule has 3 rings (SSSR count). The molecule has 1 aromatic rings. The molecule has 19 heavy (non-hydrogen) atoms. The van der Waals surface area contributed by atoms with Gasteiger partial charge in [-0.3, -0.25) is 4.79 Å². The van der Waals surface area contributed by atoms with Crippen molar-refractivity contribution < 1.29 is 4.79 Å². The summed E-state index contributed by atoms with van der Waals surface area (Å²) in [5.41, 5.74) is 8.61. The zero-order valence-electron chi connectivity index (χ0n) is 11.4. The maximum absolute atomic E-state index is 11.8. The van der Waals surface area contributed by atoms with Crippen LogP contribution in [-0.2, 0) is 0 Å². The molecule has 0 spiro atoms. The Morgan fingerprint density at radius 1 is 1.47 bits per heavy atom. The number of fused-ring (bicyclic) bond motifs is 2. The van der Waals surface area contributed by atoms with Gasteiger partial charge in [0.15, 0.2) is 0 Å². The molecule has 2 fully saturated rings. The number of amides is 1. The quantitative estimate of drug-likeness (QED) is 0.816. The van der Waals surface area contributed by atoms with E-state index >= 15 is 0 Å². The normalized spacial score (nSPS) is 24.8. The number of carbonyl (C=O) groups excluding carboxylic acids is 1. The van der Waals surface area contributed by atoms with Crippen molar-refractivity contribution in [3.05, 3.63) is 23.8 Å². The molecule has 4 nitrogen and oxygen atoms in total. The second kappa shape index (κ2) is 4.76. The standard InChI is InChI=1S/C15H21N3O/c1-2-17-15(19)11-4-6-14(13(16)8-11)18-9-10-3-5-12(18)7-10/h4,6,8,10,12H,2-3,5,7,9,16H2,1H3,(H,17,19). The second-order valence-corrected chi connectivity index (χ2v) is 5.62. The lowest BCUT2D eigenvalue weighted by molar-refractivity contribution is 0.0956. The molecule has 1 saturated carbocycles. The van der Waals surface area contributed by atoms with Gasteiger partial charge in [-0.05, 0) is 50.3 Å². The zero-order chi connectivity index (χ0) is 13.4. The highest BCUT2D eigenvalue weighted by Crippen LogP contribution is 2.41. The first-order valence-corrected chi connectivity index (χ1v) is 7.13. The second-order valence-electron chi connectivity index (χ2n) is 5.62. The van der Waals surface area contributed by atoms with Crippen LogP contribution in [0.15, 0.2) is 18.2 Å². The highest BCUT2D eigenvalue weighted by atomic mass is 16.1. The van der Waals surface area contributed by atoms with Gasteiger partial charge in [0.1, 0.15) is 0 Å². The van der Waals surface area contributed by atoms with Gasteiger partial charge >= 0.3 is 0 Å². The average molecular weight is 259 g/mol. The van der Waals surface area contributed by atoms with E-state index in [1.807, 2.05) is 19.1 Å². The van der Waals surface area contributed by atoms with Crippen molar-refractivity contribution in [2.45, 2.75) is 32.2 Å². The lowest BCUT2D eigenvalue weighted by atomic mass is 10.1. The lowest BCUT2D eigenvalue weighted by Crippen LogP contribution is -2.32. The van der Waals surface area contributed by atoms with E-state index in [4.69, 9.17) is 5.73 Å². The number of hydrogen-bond donors (Lipinski definition) is 2. The number of piperidine rings is 1. The molecule has 102 valence electrons. The Morgan fingerprint density at radius 2 is 2.32 bits per heavy atom. The van der Waals surface area contributed by atoms with Gasteiger partial charge in [-0.2, -0.15) is 0 Å². The third-order valence-electron chi connectivity index (χ3n) is 4.35. The van der Waals surface area contributed by atoms with E-state index in [1.54, 1.807) is 6.07 Å². The number of benzene rings is 1. The van der Waals surface area contributed by atoms with Crippen molar-refractivity contribution in [3.8, 4) is 0 Å². The minimum atomic E-state index is -0.0521. The highest BCUT2D eigenvalue weighted by Gasteiger charge is 2.38. The summed E-state index contributed by atoms with van der Waals surface area (Å²) >= 11 is 0. The number of rotatable bonds is 3. The minimum absolute atomic E-state index is 0.0521. The summed E-state index contributed by atoms with van der Waals surface area (Å²) in [5.74, 6) is 0.788. The van der Waals surface area contributed by atoms with Crippen LogP contribution in [0.1, 0.15) is 36.5 Å². The zero-order valence-corrected chi connectivity index (χ0v) is 11.4. The van der Waals surface area contributed by atoms with Crippen LogP contribution < -0.4 is 16.0 Å². The molecule has 1 aromatic carbocycles. The molecule has 4 heteroatoms. The minimum Gasteiger partial charge on any atom is -0.397 e. The van der Waals surface area contributed by atoms with E-state index in [0.717, 1.165) is 23.8 Å². The molecule has 1 aliphatic heterocycles. The molecule has 3 N–H and O–H groups in total. The summed E-state index contributed by atoms with van der Waals surface area (Å²) in [6, 6.07) is 6.33. The Labute approximate surface area is 114 Å². The van der Waals surface area contributed by atoms with E-state index in [9.17, 15) is 4.79 Å². The number of hydrogen-bond acceptors (Lipinski definition) is 3. The van der Waals surface area contributed by atoms with E-state index in [0.29, 0.717) is 18.2 Å². The molecule has 1 aliphatic carbocycles. The van der Waals surface area contributed by atoms with Gasteiger partial charge in [-0.15, -0.1) is 0 Å². The molecule has 1 heterocycles. The first-order chi connectivity index (χ1) is 9.19. The summed E-state index contributed by atoms with van der Waals surface area (Å²) in [7, 11) is 0. The van der Waals surface area contributed by atoms with Gasteiger partial charge in [0, 0.05) is 24.7 Å². The fourth-order valence-corrected chi connectivity index (χ4v) is 3.44. The number of nitrogen functional groups attached to an aromatic ring is 1. The third-order valence-corrected chi connectivity index (χ3v) is 4.35. The monoisotopic (exact) mass is 259 g/mol. The van der Waals surface area contributed by atoms with Gasteiger partial charge in [0.2, 0.25) is 0 Å². The summed E-state index contributed by atoms with van der Waals surface area (Å²) in [5, 5.41) is 2.80. The molecule has 2 bridgehead atoms. The molecular formula is C15H21N3O. The Balaban J connectivity index is 1.82. The predicted molar refractivity (Wildman–Crippen MR) is 77.3 cm³/mol. The molecule has 2 unspecified atom stereocenters. The molecule has 0 radical (unpaired) electrons. The third kappa shape index (κ3) is 2.15. The van der Waals surface area contributed by atoms with Crippen molar-refractivity contribution in [2.24, 2.45) is 5.92 Å². The maximum Gasteiger partial charge on any atom is 0.251 e. The predicted octanol–water partition coefficient (Wildman–Crippen LogP) is 2.01. The topological polar surface area (TPSA) is 58.4 Å². The van der Waals surface area contributed by atoms with E-state index in [2.05, 4.69) is 10.2 Å². The van der Waals surface area contributed by atoms with Crippen molar-refractivity contribution in [1.29, 1.82) is 0 Å². The van der Waals surface area contributed by atoms with Gasteiger partial charge < -0.3 is 16.0 Å². The van der Waals surface area contributed by atoms with Crippen LogP contribution in [0.25, 0.3) is 0 Å². The largest absolute Gasteiger partial charge is 0.397 e. The van der Waals surface area contributed by atoms with Gasteiger partial charge in [-0.1, -0.05) is 0 Å². The molecular weight excluding hydrogens is 238 g/mol. The van der Waals surface area contributed by atoms with Crippen LogP contribution in [0.2, 0.25) is 0 Å². The maximum atomic E-state index is 11.8. The first-order valence-electron chi connectivity index (χ1n) is 7.13. The Morgan fingerprint density at radius 3 is 2.89 bits per heavy atom. The number of carbonyl (C=O) groups is 1. The number of anilines is 2. The van der Waals surface area contributed by atoms with E-state index in [1.165, 1.54) is 19.3 Å². The van der Waals surface area contributed by atoms with Crippen molar-refractivity contribution in [2.75, 3.05) is 23.7 Å². The molecule has 1 amide bonds. The summed E-state index contributed by atoms with van der Waals surface area (Å²) in [6.07, 6.45) is 3.94. The Kier molecular flexibility index (Phi) is 3.09. The highest BCUT2D eigenvalue weighted by molar-refractivity contribution is 5.96. The van der Waals surface area contributed by atoms with Crippen molar-refractivity contribution in [3.63, 3.8) is 0 Å². The number of nitrogens with one attached hydrogen (secondary N) is 1. The first kappa shape index (κ1) is 12.3. The molecule has 1 saturated heterocycles. The Hall–Kier alpha value is -1.71. The fourth-order valence-electron chi connectivity index (χ4n) is 3.44.